The van der Waals surface area contributed by atoms with Gasteiger partial charge in [0.1, 0.15) is 5.82 Å². The van der Waals surface area contributed by atoms with Crippen molar-refractivity contribution < 1.29 is 0 Å². The van der Waals surface area contributed by atoms with Gasteiger partial charge in [-0.25, -0.2) is 4.98 Å². The Morgan fingerprint density at radius 3 is 2.72 bits per heavy atom. The van der Waals surface area contributed by atoms with Crippen molar-refractivity contribution in [1.29, 1.82) is 0 Å². The van der Waals surface area contributed by atoms with Crippen LogP contribution in [0.15, 0.2) is 6.20 Å². The highest BCUT2D eigenvalue weighted by Gasteiger charge is 2.20. The number of hydrogen-bond acceptors (Lipinski definition) is 3. The number of nitrogens with zero attached hydrogens (tertiary/aromatic N) is 4. The average Bonchev–Trinajstić information content (AvgIpc) is 2.97. The van der Waals surface area contributed by atoms with E-state index in [0.29, 0.717) is 5.92 Å². The van der Waals surface area contributed by atoms with Crippen LogP contribution < -0.4 is 0 Å². The molecule has 2 aromatic heterocycles. The fourth-order valence-electron chi connectivity index (χ4n) is 2.77. The molecule has 2 heterocycles. The van der Waals surface area contributed by atoms with Gasteiger partial charge < -0.3 is 0 Å². The van der Waals surface area contributed by atoms with Crippen molar-refractivity contribution in [2.24, 2.45) is 7.05 Å². The van der Waals surface area contributed by atoms with Crippen LogP contribution in [0.2, 0.25) is 0 Å². The van der Waals surface area contributed by atoms with Crippen LogP contribution in [0, 0.1) is 6.92 Å². The molecule has 3 rings (SSSR count). The molecule has 0 atom stereocenters. The highest BCUT2D eigenvalue weighted by atomic mass is 15.3. The van der Waals surface area contributed by atoms with E-state index >= 15 is 0 Å². The Bertz CT molecular complexity index is 533. The predicted octanol–water partition coefficient (Wildman–Crippen LogP) is 2.56. The minimum absolute atomic E-state index is 0.567. The fourth-order valence-corrected chi connectivity index (χ4v) is 2.77. The van der Waals surface area contributed by atoms with E-state index in [1.54, 1.807) is 4.68 Å². The highest BCUT2D eigenvalue weighted by molar-refractivity contribution is 5.56. The van der Waals surface area contributed by atoms with Gasteiger partial charge in [-0.2, -0.15) is 10.2 Å². The van der Waals surface area contributed by atoms with Gasteiger partial charge in [0.25, 0.3) is 0 Å². The summed E-state index contributed by atoms with van der Waals surface area (Å²) in [5.41, 5.74) is 2.00. The molecule has 0 saturated heterocycles. The summed E-state index contributed by atoms with van der Waals surface area (Å²) in [5.74, 6) is 2.39. The van der Waals surface area contributed by atoms with Crippen LogP contribution in [-0.4, -0.2) is 25.0 Å². The molecule has 0 unspecified atom stereocenters. The van der Waals surface area contributed by atoms with E-state index in [1.807, 2.05) is 20.2 Å². The second kappa shape index (κ2) is 4.55. The standard InChI is InChI=1S/C13H19N5/c1-9-11(8-18(2)17-9)13-14-12(15-16-13)10-6-4-3-5-7-10/h8,10H,3-7H2,1-2H3,(H,14,15,16). The average molecular weight is 245 g/mol. The Hall–Kier alpha value is -1.65. The maximum Gasteiger partial charge on any atom is 0.184 e. The maximum atomic E-state index is 4.66. The lowest BCUT2D eigenvalue weighted by Gasteiger charge is -2.18. The Kier molecular flexibility index (Phi) is 2.89. The number of hydrogen-bond donors (Lipinski definition) is 1. The molecule has 0 aromatic carbocycles. The van der Waals surface area contributed by atoms with Crippen LogP contribution in [-0.2, 0) is 7.05 Å². The second-order valence-corrected chi connectivity index (χ2v) is 5.18. The molecule has 18 heavy (non-hydrogen) atoms. The first-order chi connectivity index (χ1) is 8.74. The summed E-state index contributed by atoms with van der Waals surface area (Å²) >= 11 is 0. The molecule has 0 radical (unpaired) electrons. The number of nitrogens with one attached hydrogen (secondary N) is 1. The van der Waals surface area contributed by atoms with Gasteiger partial charge in [0.05, 0.1) is 11.3 Å². The Labute approximate surface area is 107 Å². The van der Waals surface area contributed by atoms with E-state index in [2.05, 4.69) is 20.3 Å². The number of aromatic nitrogens is 5. The van der Waals surface area contributed by atoms with Gasteiger partial charge in [0.15, 0.2) is 5.82 Å². The summed E-state index contributed by atoms with van der Waals surface area (Å²) in [7, 11) is 1.92. The number of aryl methyl sites for hydroxylation is 2. The van der Waals surface area contributed by atoms with Crippen molar-refractivity contribution in [2.75, 3.05) is 0 Å². The smallest absolute Gasteiger partial charge is 0.184 e. The molecule has 1 fully saturated rings. The molecule has 96 valence electrons. The zero-order valence-electron chi connectivity index (χ0n) is 11.0. The van der Waals surface area contributed by atoms with Gasteiger partial charge in [-0.05, 0) is 19.8 Å². The minimum atomic E-state index is 0.567. The van der Waals surface area contributed by atoms with E-state index in [0.717, 1.165) is 22.9 Å². The zero-order valence-corrected chi connectivity index (χ0v) is 11.0. The van der Waals surface area contributed by atoms with Crippen molar-refractivity contribution >= 4 is 0 Å². The quantitative estimate of drug-likeness (QED) is 0.884. The molecule has 2 aromatic rings. The lowest BCUT2D eigenvalue weighted by Crippen LogP contribution is -2.06. The SMILES string of the molecule is Cc1nn(C)cc1-c1n[nH]c(C2CCCCC2)n1. The van der Waals surface area contributed by atoms with Crippen LogP contribution in [0.3, 0.4) is 0 Å². The third-order valence-corrected chi connectivity index (χ3v) is 3.75. The van der Waals surface area contributed by atoms with Gasteiger partial charge in [-0.3, -0.25) is 9.78 Å². The summed E-state index contributed by atoms with van der Waals surface area (Å²) in [6, 6.07) is 0. The van der Waals surface area contributed by atoms with E-state index < -0.39 is 0 Å². The molecule has 1 N–H and O–H groups in total. The number of rotatable bonds is 2. The van der Waals surface area contributed by atoms with Crippen LogP contribution in [0.25, 0.3) is 11.4 Å². The summed E-state index contributed by atoms with van der Waals surface area (Å²) in [4.78, 5) is 4.66. The Morgan fingerprint density at radius 2 is 2.06 bits per heavy atom. The van der Waals surface area contributed by atoms with Gasteiger partial charge in [0, 0.05) is 19.2 Å². The lowest BCUT2D eigenvalue weighted by atomic mass is 9.89. The molecule has 0 aliphatic heterocycles. The van der Waals surface area contributed by atoms with Crippen LogP contribution >= 0.6 is 0 Å². The Balaban J connectivity index is 1.86. The van der Waals surface area contributed by atoms with E-state index in [1.165, 1.54) is 32.1 Å². The molecular formula is C13H19N5. The second-order valence-electron chi connectivity index (χ2n) is 5.18. The first-order valence-electron chi connectivity index (χ1n) is 6.67. The van der Waals surface area contributed by atoms with Crippen molar-refractivity contribution in [3.63, 3.8) is 0 Å². The van der Waals surface area contributed by atoms with Crippen molar-refractivity contribution in [3.8, 4) is 11.4 Å². The summed E-state index contributed by atoms with van der Waals surface area (Å²) in [5, 5.41) is 11.8. The van der Waals surface area contributed by atoms with Gasteiger partial charge in [-0.1, -0.05) is 19.3 Å². The molecule has 1 aliphatic carbocycles. The monoisotopic (exact) mass is 245 g/mol. The summed E-state index contributed by atoms with van der Waals surface area (Å²) in [6.07, 6.45) is 8.43. The third kappa shape index (κ3) is 2.05. The van der Waals surface area contributed by atoms with Crippen LogP contribution in [0.1, 0.15) is 49.5 Å². The molecule has 5 nitrogen and oxygen atoms in total. The largest absolute Gasteiger partial charge is 0.275 e. The highest BCUT2D eigenvalue weighted by Crippen LogP contribution is 2.31. The molecule has 5 heteroatoms. The molecule has 0 amide bonds. The first kappa shape index (κ1) is 11.4. The molecule has 0 bridgehead atoms. The van der Waals surface area contributed by atoms with E-state index in [4.69, 9.17) is 0 Å². The van der Waals surface area contributed by atoms with Crippen LogP contribution in [0.4, 0.5) is 0 Å². The van der Waals surface area contributed by atoms with Crippen molar-refractivity contribution in [2.45, 2.75) is 44.9 Å². The normalized spacial score (nSPS) is 17.2. The summed E-state index contributed by atoms with van der Waals surface area (Å²) in [6.45, 7) is 1.99. The lowest BCUT2D eigenvalue weighted by molar-refractivity contribution is 0.429. The van der Waals surface area contributed by atoms with E-state index in [-0.39, 0.29) is 0 Å². The van der Waals surface area contributed by atoms with Gasteiger partial charge in [-0.15, -0.1) is 0 Å². The first-order valence-corrected chi connectivity index (χ1v) is 6.67. The zero-order chi connectivity index (χ0) is 12.5. The predicted molar refractivity (Wildman–Crippen MR) is 69.1 cm³/mol. The minimum Gasteiger partial charge on any atom is -0.275 e. The Morgan fingerprint density at radius 1 is 1.28 bits per heavy atom. The third-order valence-electron chi connectivity index (χ3n) is 3.75. The van der Waals surface area contributed by atoms with Crippen LogP contribution in [0.5, 0.6) is 0 Å². The summed E-state index contributed by atoms with van der Waals surface area (Å²) < 4.78 is 1.81. The molecule has 0 spiro atoms. The molecule has 1 aliphatic rings. The van der Waals surface area contributed by atoms with Gasteiger partial charge in [0.2, 0.25) is 0 Å². The fraction of sp³-hybridized carbons (Fsp3) is 0.615. The van der Waals surface area contributed by atoms with Crippen molar-refractivity contribution in [1.82, 2.24) is 25.0 Å². The number of aromatic amines is 1. The van der Waals surface area contributed by atoms with Gasteiger partial charge >= 0.3 is 0 Å². The molecule has 1 saturated carbocycles. The van der Waals surface area contributed by atoms with Crippen molar-refractivity contribution in [3.05, 3.63) is 17.7 Å². The number of H-pyrrole nitrogens is 1. The van der Waals surface area contributed by atoms with E-state index in [9.17, 15) is 0 Å². The maximum absolute atomic E-state index is 4.66. The topological polar surface area (TPSA) is 59.4 Å². The molecular weight excluding hydrogens is 226 g/mol.